The number of carbonyl (C=O) groups excluding carboxylic acids is 1. The number of rotatable bonds is 6. The van der Waals surface area contributed by atoms with Crippen LogP contribution in [0.5, 0.6) is 0 Å². The Balaban J connectivity index is 2.18. The molecular weight excluding hydrogens is 247 g/mol. The van der Waals surface area contributed by atoms with Crippen molar-refractivity contribution in [1.29, 1.82) is 0 Å². The van der Waals surface area contributed by atoms with E-state index in [1.54, 1.807) is 5.32 Å². The van der Waals surface area contributed by atoms with Gasteiger partial charge in [-0.15, -0.1) is 0 Å². The molecule has 1 amide bonds. The van der Waals surface area contributed by atoms with Gasteiger partial charge < -0.3 is 10.6 Å². The lowest BCUT2D eigenvalue weighted by Crippen LogP contribution is -2.50. The fourth-order valence-electron chi connectivity index (χ4n) is 1.12. The third kappa shape index (κ3) is 4.10. The SMILES string of the molecule is O=C(NCCCNC1CC1)C(F)(F)C(F)(F)F. The Morgan fingerprint density at radius 1 is 1.12 bits per heavy atom. The minimum atomic E-state index is -5.84. The van der Waals surface area contributed by atoms with Crippen molar-refractivity contribution in [1.82, 2.24) is 10.6 Å². The topological polar surface area (TPSA) is 41.1 Å². The van der Waals surface area contributed by atoms with Crippen LogP contribution in [0, 0.1) is 0 Å². The molecule has 0 aromatic rings. The molecule has 1 fully saturated rings. The van der Waals surface area contributed by atoms with Crippen LogP contribution in [-0.4, -0.2) is 37.1 Å². The summed E-state index contributed by atoms with van der Waals surface area (Å²) in [4.78, 5) is 10.6. The molecule has 0 atom stereocenters. The van der Waals surface area contributed by atoms with Crippen LogP contribution in [-0.2, 0) is 4.79 Å². The quantitative estimate of drug-likeness (QED) is 0.560. The number of amides is 1. The van der Waals surface area contributed by atoms with E-state index in [2.05, 4.69) is 5.32 Å². The van der Waals surface area contributed by atoms with E-state index in [4.69, 9.17) is 0 Å². The van der Waals surface area contributed by atoms with E-state index in [0.717, 1.165) is 12.8 Å². The Kier molecular flexibility index (Phi) is 4.29. The van der Waals surface area contributed by atoms with Gasteiger partial charge in [-0.25, -0.2) is 0 Å². The molecule has 100 valence electrons. The highest BCUT2D eigenvalue weighted by Gasteiger charge is 2.63. The van der Waals surface area contributed by atoms with Gasteiger partial charge in [0.15, 0.2) is 0 Å². The highest BCUT2D eigenvalue weighted by atomic mass is 19.4. The maximum Gasteiger partial charge on any atom is 0.463 e. The van der Waals surface area contributed by atoms with Crippen LogP contribution in [0.4, 0.5) is 22.0 Å². The molecule has 1 saturated carbocycles. The van der Waals surface area contributed by atoms with Crippen molar-refractivity contribution in [2.45, 2.75) is 37.4 Å². The molecule has 17 heavy (non-hydrogen) atoms. The fraction of sp³-hybridized carbons (Fsp3) is 0.889. The maximum absolute atomic E-state index is 12.4. The Hall–Kier alpha value is -0.920. The molecule has 0 aromatic carbocycles. The molecule has 0 radical (unpaired) electrons. The summed E-state index contributed by atoms with van der Waals surface area (Å²) in [6, 6.07) is 0.433. The van der Waals surface area contributed by atoms with E-state index < -0.39 is 18.0 Å². The zero-order valence-corrected chi connectivity index (χ0v) is 8.91. The predicted octanol–water partition coefficient (Wildman–Crippen LogP) is 1.44. The standard InChI is InChI=1S/C9H13F5N2O/c10-8(11,9(12,13)14)7(17)16-5-1-4-15-6-2-3-6/h6,15H,1-5H2,(H,16,17). The molecule has 0 unspecified atom stereocenters. The Morgan fingerprint density at radius 2 is 1.71 bits per heavy atom. The number of nitrogens with one attached hydrogen (secondary N) is 2. The van der Waals surface area contributed by atoms with Gasteiger partial charge in [-0.1, -0.05) is 0 Å². The molecule has 8 heteroatoms. The van der Waals surface area contributed by atoms with Crippen molar-refractivity contribution >= 4 is 5.91 Å². The van der Waals surface area contributed by atoms with Crippen molar-refractivity contribution in [3.63, 3.8) is 0 Å². The molecular formula is C9H13F5N2O. The number of hydrogen-bond acceptors (Lipinski definition) is 2. The summed E-state index contributed by atoms with van der Waals surface area (Å²) >= 11 is 0. The Labute approximate surface area is 94.7 Å². The van der Waals surface area contributed by atoms with Gasteiger partial charge >= 0.3 is 12.1 Å². The van der Waals surface area contributed by atoms with Crippen LogP contribution in [0.1, 0.15) is 19.3 Å². The van der Waals surface area contributed by atoms with Crippen LogP contribution < -0.4 is 10.6 Å². The van der Waals surface area contributed by atoms with Gasteiger partial charge in [0.1, 0.15) is 0 Å². The first kappa shape index (κ1) is 14.1. The lowest BCUT2D eigenvalue weighted by molar-refractivity contribution is -0.269. The van der Waals surface area contributed by atoms with Crippen molar-refractivity contribution in [3.05, 3.63) is 0 Å². The average molecular weight is 260 g/mol. The van der Waals surface area contributed by atoms with Gasteiger partial charge in [0.05, 0.1) is 0 Å². The van der Waals surface area contributed by atoms with Gasteiger partial charge in [-0.05, 0) is 25.8 Å². The largest absolute Gasteiger partial charge is 0.463 e. The van der Waals surface area contributed by atoms with Gasteiger partial charge in [-0.3, -0.25) is 4.79 Å². The summed E-state index contributed by atoms with van der Waals surface area (Å²) in [5, 5.41) is 4.61. The first-order valence-corrected chi connectivity index (χ1v) is 5.21. The van der Waals surface area contributed by atoms with Crippen LogP contribution in [0.25, 0.3) is 0 Å². The Morgan fingerprint density at radius 3 is 2.18 bits per heavy atom. The number of halogens is 5. The number of hydrogen-bond donors (Lipinski definition) is 2. The first-order valence-electron chi connectivity index (χ1n) is 5.21. The minimum absolute atomic E-state index is 0.204. The first-order chi connectivity index (χ1) is 7.75. The lowest BCUT2D eigenvalue weighted by atomic mass is 10.3. The average Bonchev–Trinajstić information content (AvgIpc) is 2.98. The molecule has 0 aromatic heterocycles. The number of alkyl halides is 5. The van der Waals surface area contributed by atoms with E-state index >= 15 is 0 Å². The van der Waals surface area contributed by atoms with Crippen LogP contribution in [0.2, 0.25) is 0 Å². The molecule has 2 N–H and O–H groups in total. The summed E-state index contributed by atoms with van der Waals surface area (Å²) in [6.07, 6.45) is -3.42. The normalized spacial score (nSPS) is 17.0. The van der Waals surface area contributed by atoms with E-state index in [1.165, 1.54) is 0 Å². The van der Waals surface area contributed by atoms with Crippen molar-refractivity contribution in [3.8, 4) is 0 Å². The molecule has 1 aliphatic carbocycles. The summed E-state index contributed by atoms with van der Waals surface area (Å²) < 4.78 is 60.1. The zero-order valence-electron chi connectivity index (χ0n) is 8.91. The summed E-state index contributed by atoms with van der Waals surface area (Å²) in [6.45, 7) is 0.284. The Bertz CT molecular complexity index is 275. The van der Waals surface area contributed by atoms with E-state index in [-0.39, 0.29) is 6.54 Å². The molecule has 0 bridgehead atoms. The van der Waals surface area contributed by atoms with Crippen molar-refractivity contribution in [2.75, 3.05) is 13.1 Å². The highest BCUT2D eigenvalue weighted by Crippen LogP contribution is 2.35. The van der Waals surface area contributed by atoms with Crippen molar-refractivity contribution in [2.24, 2.45) is 0 Å². The van der Waals surface area contributed by atoms with Crippen LogP contribution >= 0.6 is 0 Å². The molecule has 0 aliphatic heterocycles. The number of carbonyl (C=O) groups is 1. The van der Waals surface area contributed by atoms with Gasteiger partial charge in [0.2, 0.25) is 0 Å². The van der Waals surface area contributed by atoms with E-state index in [1.807, 2.05) is 0 Å². The second kappa shape index (κ2) is 5.16. The van der Waals surface area contributed by atoms with E-state index in [0.29, 0.717) is 19.0 Å². The fourth-order valence-corrected chi connectivity index (χ4v) is 1.12. The molecule has 0 saturated heterocycles. The van der Waals surface area contributed by atoms with Gasteiger partial charge in [0.25, 0.3) is 5.91 Å². The van der Waals surface area contributed by atoms with Gasteiger partial charge in [0, 0.05) is 12.6 Å². The second-order valence-corrected chi connectivity index (χ2v) is 3.91. The summed E-state index contributed by atoms with van der Waals surface area (Å²) in [5.41, 5.74) is 0. The van der Waals surface area contributed by atoms with Gasteiger partial charge in [-0.2, -0.15) is 22.0 Å². The molecule has 3 nitrogen and oxygen atoms in total. The van der Waals surface area contributed by atoms with Crippen LogP contribution in [0.15, 0.2) is 0 Å². The summed E-state index contributed by atoms with van der Waals surface area (Å²) in [7, 11) is 0. The third-order valence-electron chi connectivity index (χ3n) is 2.29. The smallest absolute Gasteiger partial charge is 0.351 e. The lowest BCUT2D eigenvalue weighted by Gasteiger charge is -2.18. The third-order valence-corrected chi connectivity index (χ3v) is 2.29. The second-order valence-electron chi connectivity index (χ2n) is 3.91. The monoisotopic (exact) mass is 260 g/mol. The van der Waals surface area contributed by atoms with Crippen LogP contribution in [0.3, 0.4) is 0 Å². The minimum Gasteiger partial charge on any atom is -0.351 e. The van der Waals surface area contributed by atoms with E-state index in [9.17, 15) is 26.7 Å². The summed E-state index contributed by atoms with van der Waals surface area (Å²) in [5.74, 6) is -7.62. The molecule has 1 rings (SSSR count). The molecule has 1 aliphatic rings. The zero-order chi connectivity index (χ0) is 13.1. The maximum atomic E-state index is 12.4. The van der Waals surface area contributed by atoms with Crippen molar-refractivity contribution < 1.29 is 26.7 Å². The highest BCUT2D eigenvalue weighted by molar-refractivity contribution is 5.84. The predicted molar refractivity (Wildman–Crippen MR) is 49.7 cm³/mol. The molecule has 0 heterocycles. The molecule has 0 spiro atoms.